The van der Waals surface area contributed by atoms with Crippen molar-refractivity contribution < 1.29 is 4.74 Å². The number of ether oxygens (including phenoxy) is 1. The van der Waals surface area contributed by atoms with Crippen molar-refractivity contribution in [2.24, 2.45) is 5.84 Å². The summed E-state index contributed by atoms with van der Waals surface area (Å²) in [4.78, 5) is 12.2. The van der Waals surface area contributed by atoms with Crippen molar-refractivity contribution in [3.63, 3.8) is 0 Å². The van der Waals surface area contributed by atoms with Gasteiger partial charge in [0.15, 0.2) is 0 Å². The summed E-state index contributed by atoms with van der Waals surface area (Å²) in [5.41, 5.74) is 2.24. The van der Waals surface area contributed by atoms with Gasteiger partial charge < -0.3 is 10.1 Å². The standard InChI is InChI=1S/C10H20N6O/c1-5-6-17-9-13-7(15-10(2,3)4)12-8(14-9)16-11/h5-6,11H2,1-4H3,(H2,12,13,14,15,16). The lowest BCUT2D eigenvalue weighted by Gasteiger charge is -2.20. The average molecular weight is 240 g/mol. The minimum atomic E-state index is -0.144. The van der Waals surface area contributed by atoms with E-state index >= 15 is 0 Å². The predicted octanol–water partition coefficient (Wildman–Crippen LogP) is 1.16. The van der Waals surface area contributed by atoms with Gasteiger partial charge in [0.2, 0.25) is 11.9 Å². The average Bonchev–Trinajstić information content (AvgIpc) is 2.23. The summed E-state index contributed by atoms with van der Waals surface area (Å²) in [6, 6.07) is 0.265. The maximum Gasteiger partial charge on any atom is 0.323 e. The maximum atomic E-state index is 5.36. The number of aromatic nitrogens is 3. The third-order valence-corrected chi connectivity index (χ3v) is 1.67. The first kappa shape index (κ1) is 13.4. The van der Waals surface area contributed by atoms with Crippen molar-refractivity contribution in [1.82, 2.24) is 15.0 Å². The first-order valence-electron chi connectivity index (χ1n) is 5.58. The van der Waals surface area contributed by atoms with Crippen LogP contribution in [-0.2, 0) is 0 Å². The van der Waals surface area contributed by atoms with Crippen molar-refractivity contribution in [2.75, 3.05) is 17.3 Å². The Morgan fingerprint density at radius 3 is 2.35 bits per heavy atom. The van der Waals surface area contributed by atoms with Gasteiger partial charge in [-0.2, -0.15) is 15.0 Å². The lowest BCUT2D eigenvalue weighted by molar-refractivity contribution is 0.292. The van der Waals surface area contributed by atoms with Gasteiger partial charge >= 0.3 is 6.01 Å². The molecule has 1 aromatic rings. The fraction of sp³-hybridized carbons (Fsp3) is 0.700. The number of anilines is 2. The molecule has 0 aromatic carbocycles. The lowest BCUT2D eigenvalue weighted by atomic mass is 10.1. The molecule has 1 heterocycles. The van der Waals surface area contributed by atoms with E-state index in [9.17, 15) is 0 Å². The molecule has 0 bridgehead atoms. The Morgan fingerprint density at radius 2 is 1.82 bits per heavy atom. The second-order valence-electron chi connectivity index (χ2n) is 4.63. The minimum absolute atomic E-state index is 0.144. The quantitative estimate of drug-likeness (QED) is 0.524. The molecule has 0 aliphatic carbocycles. The van der Waals surface area contributed by atoms with Crippen LogP contribution in [0.4, 0.5) is 11.9 Å². The molecule has 0 radical (unpaired) electrons. The summed E-state index contributed by atoms with van der Waals surface area (Å²) in [5.74, 6) is 6.01. The highest BCUT2D eigenvalue weighted by Crippen LogP contribution is 2.14. The van der Waals surface area contributed by atoms with E-state index in [0.29, 0.717) is 12.6 Å². The summed E-state index contributed by atoms with van der Waals surface area (Å²) in [7, 11) is 0. The second kappa shape index (κ2) is 5.62. The molecule has 7 nitrogen and oxygen atoms in total. The molecule has 0 unspecified atom stereocenters. The highest BCUT2D eigenvalue weighted by molar-refractivity contribution is 5.36. The van der Waals surface area contributed by atoms with E-state index in [-0.39, 0.29) is 17.5 Å². The monoisotopic (exact) mass is 240 g/mol. The van der Waals surface area contributed by atoms with E-state index in [1.165, 1.54) is 0 Å². The first-order valence-corrected chi connectivity index (χ1v) is 5.58. The van der Waals surface area contributed by atoms with E-state index in [0.717, 1.165) is 6.42 Å². The van der Waals surface area contributed by atoms with E-state index in [2.05, 4.69) is 25.7 Å². The van der Waals surface area contributed by atoms with Crippen molar-refractivity contribution >= 4 is 11.9 Å². The van der Waals surface area contributed by atoms with Gasteiger partial charge in [0.1, 0.15) is 0 Å². The molecular weight excluding hydrogens is 220 g/mol. The Labute approximate surface area is 101 Å². The summed E-state index contributed by atoms with van der Waals surface area (Å²) >= 11 is 0. The fourth-order valence-corrected chi connectivity index (χ4v) is 1.07. The summed E-state index contributed by atoms with van der Waals surface area (Å²) in [6.45, 7) is 8.61. The Balaban J connectivity index is 2.88. The molecule has 0 fully saturated rings. The van der Waals surface area contributed by atoms with Crippen LogP contribution in [0.25, 0.3) is 0 Å². The van der Waals surface area contributed by atoms with Crippen molar-refractivity contribution in [3.05, 3.63) is 0 Å². The molecule has 0 atom stereocenters. The summed E-state index contributed by atoms with van der Waals surface area (Å²) in [6.07, 6.45) is 0.888. The van der Waals surface area contributed by atoms with Gasteiger partial charge in [0, 0.05) is 5.54 Å². The Morgan fingerprint density at radius 1 is 1.18 bits per heavy atom. The molecule has 0 saturated heterocycles. The van der Waals surface area contributed by atoms with Crippen LogP contribution in [0.15, 0.2) is 0 Å². The van der Waals surface area contributed by atoms with Crippen LogP contribution in [-0.4, -0.2) is 27.1 Å². The number of rotatable bonds is 5. The minimum Gasteiger partial charge on any atom is -0.463 e. The van der Waals surface area contributed by atoms with E-state index in [1.54, 1.807) is 0 Å². The fourth-order valence-electron chi connectivity index (χ4n) is 1.07. The zero-order valence-corrected chi connectivity index (χ0v) is 10.7. The van der Waals surface area contributed by atoms with Crippen LogP contribution in [0, 0.1) is 0 Å². The predicted molar refractivity (Wildman–Crippen MR) is 66.8 cm³/mol. The van der Waals surface area contributed by atoms with Crippen LogP contribution in [0.3, 0.4) is 0 Å². The Hall–Kier alpha value is -1.63. The molecule has 96 valence electrons. The van der Waals surface area contributed by atoms with Crippen molar-refractivity contribution in [1.29, 1.82) is 0 Å². The number of hydrogen-bond acceptors (Lipinski definition) is 7. The third-order valence-electron chi connectivity index (χ3n) is 1.67. The molecular formula is C10H20N6O. The third kappa shape index (κ3) is 4.81. The molecule has 4 N–H and O–H groups in total. The van der Waals surface area contributed by atoms with Gasteiger partial charge in [-0.25, -0.2) is 5.84 Å². The van der Waals surface area contributed by atoms with Crippen molar-refractivity contribution in [3.8, 4) is 6.01 Å². The van der Waals surface area contributed by atoms with Gasteiger partial charge in [0.25, 0.3) is 0 Å². The number of nitrogens with one attached hydrogen (secondary N) is 2. The van der Waals surface area contributed by atoms with Gasteiger partial charge in [-0.05, 0) is 27.2 Å². The molecule has 1 aromatic heterocycles. The highest BCUT2D eigenvalue weighted by atomic mass is 16.5. The van der Waals surface area contributed by atoms with Crippen molar-refractivity contribution in [2.45, 2.75) is 39.7 Å². The molecule has 0 spiro atoms. The molecule has 17 heavy (non-hydrogen) atoms. The highest BCUT2D eigenvalue weighted by Gasteiger charge is 2.14. The summed E-state index contributed by atoms with van der Waals surface area (Å²) < 4.78 is 5.36. The topological polar surface area (TPSA) is 98.0 Å². The Kier molecular flexibility index (Phi) is 4.45. The van der Waals surface area contributed by atoms with Crippen LogP contribution in [0.2, 0.25) is 0 Å². The van der Waals surface area contributed by atoms with Crippen LogP contribution in [0.5, 0.6) is 6.01 Å². The van der Waals surface area contributed by atoms with Crippen LogP contribution >= 0.6 is 0 Å². The zero-order valence-electron chi connectivity index (χ0n) is 10.7. The molecule has 0 amide bonds. The van der Waals surface area contributed by atoms with E-state index in [1.807, 2.05) is 27.7 Å². The number of nitrogen functional groups attached to an aromatic ring is 1. The van der Waals surface area contributed by atoms with Crippen LogP contribution in [0.1, 0.15) is 34.1 Å². The normalized spacial score (nSPS) is 11.1. The van der Waals surface area contributed by atoms with Crippen LogP contribution < -0.4 is 21.3 Å². The molecule has 1 rings (SSSR count). The number of hydrogen-bond donors (Lipinski definition) is 3. The number of hydrazine groups is 1. The molecule has 0 saturated carbocycles. The first-order chi connectivity index (χ1) is 7.94. The zero-order chi connectivity index (χ0) is 12.9. The van der Waals surface area contributed by atoms with Gasteiger partial charge in [0.05, 0.1) is 6.61 Å². The number of nitrogens with two attached hydrogens (primary N) is 1. The molecule has 0 aliphatic rings. The van der Waals surface area contributed by atoms with Gasteiger partial charge in [-0.15, -0.1) is 0 Å². The second-order valence-corrected chi connectivity index (χ2v) is 4.63. The lowest BCUT2D eigenvalue weighted by Crippen LogP contribution is -2.28. The van der Waals surface area contributed by atoms with E-state index < -0.39 is 0 Å². The molecule has 7 heteroatoms. The Bertz CT molecular complexity index is 362. The van der Waals surface area contributed by atoms with E-state index in [4.69, 9.17) is 10.6 Å². The maximum absolute atomic E-state index is 5.36. The number of nitrogens with zero attached hydrogens (tertiary/aromatic N) is 3. The smallest absolute Gasteiger partial charge is 0.323 e. The SMILES string of the molecule is CCCOc1nc(NN)nc(NC(C)(C)C)n1. The largest absolute Gasteiger partial charge is 0.463 e. The molecule has 0 aliphatic heterocycles. The van der Waals surface area contributed by atoms with Gasteiger partial charge in [-0.3, -0.25) is 5.43 Å². The van der Waals surface area contributed by atoms with Gasteiger partial charge in [-0.1, -0.05) is 6.92 Å². The summed E-state index contributed by atoms with van der Waals surface area (Å²) in [5, 5.41) is 3.13.